The predicted octanol–water partition coefficient (Wildman–Crippen LogP) is 21.3. The van der Waals surface area contributed by atoms with E-state index in [1.54, 1.807) is 0 Å². The van der Waals surface area contributed by atoms with Gasteiger partial charge in [0.05, 0.1) is 26.4 Å². The summed E-state index contributed by atoms with van der Waals surface area (Å²) in [4.78, 5) is 72.6. The number of esters is 4. The highest BCUT2D eigenvalue weighted by Crippen LogP contribution is 2.45. The van der Waals surface area contributed by atoms with Gasteiger partial charge in [-0.2, -0.15) is 0 Å². The van der Waals surface area contributed by atoms with Crippen LogP contribution in [0.5, 0.6) is 0 Å². The van der Waals surface area contributed by atoms with Crippen molar-refractivity contribution in [3.05, 3.63) is 0 Å². The van der Waals surface area contributed by atoms with E-state index in [4.69, 9.17) is 37.0 Å². The molecular formula is C74H144O17P2. The fourth-order valence-corrected chi connectivity index (χ4v) is 12.7. The topological polar surface area (TPSA) is 237 Å². The molecule has 0 rings (SSSR count). The molecule has 0 heterocycles. The molecule has 0 amide bonds. The smallest absolute Gasteiger partial charge is 0.462 e. The van der Waals surface area contributed by atoms with Gasteiger partial charge in [0.25, 0.3) is 0 Å². The highest BCUT2D eigenvalue weighted by molar-refractivity contribution is 7.47. The van der Waals surface area contributed by atoms with Crippen LogP contribution in [0, 0.1) is 23.7 Å². The summed E-state index contributed by atoms with van der Waals surface area (Å²) in [5.74, 6) is 0.863. The van der Waals surface area contributed by atoms with E-state index in [1.165, 1.54) is 161 Å². The Kier molecular flexibility index (Phi) is 62.2. The fourth-order valence-electron chi connectivity index (χ4n) is 11.2. The minimum Gasteiger partial charge on any atom is -0.462 e. The summed E-state index contributed by atoms with van der Waals surface area (Å²) in [5.41, 5.74) is 0. The van der Waals surface area contributed by atoms with Crippen LogP contribution in [0.2, 0.25) is 0 Å². The molecule has 0 aromatic carbocycles. The lowest BCUT2D eigenvalue weighted by molar-refractivity contribution is -0.161. The first-order chi connectivity index (χ1) is 44.6. The molecule has 3 N–H and O–H groups in total. The van der Waals surface area contributed by atoms with Crippen molar-refractivity contribution in [1.82, 2.24) is 0 Å². The van der Waals surface area contributed by atoms with Crippen LogP contribution in [0.3, 0.4) is 0 Å². The highest BCUT2D eigenvalue weighted by atomic mass is 31.2. The van der Waals surface area contributed by atoms with E-state index in [-0.39, 0.29) is 25.7 Å². The lowest BCUT2D eigenvalue weighted by Crippen LogP contribution is -2.30. The summed E-state index contributed by atoms with van der Waals surface area (Å²) < 4.78 is 68.3. The van der Waals surface area contributed by atoms with Crippen LogP contribution in [0.25, 0.3) is 0 Å². The van der Waals surface area contributed by atoms with E-state index in [9.17, 15) is 43.2 Å². The third-order valence-corrected chi connectivity index (χ3v) is 19.3. The molecule has 0 aliphatic carbocycles. The number of rotatable bonds is 71. The molecule has 0 spiro atoms. The Morgan fingerprint density at radius 2 is 0.516 bits per heavy atom. The van der Waals surface area contributed by atoms with Crippen molar-refractivity contribution in [2.45, 2.75) is 388 Å². The van der Waals surface area contributed by atoms with Gasteiger partial charge >= 0.3 is 39.5 Å². The number of ether oxygens (including phenoxy) is 4. The molecule has 0 aliphatic rings. The summed E-state index contributed by atoms with van der Waals surface area (Å²) >= 11 is 0. The van der Waals surface area contributed by atoms with Crippen molar-refractivity contribution in [1.29, 1.82) is 0 Å². The molecule has 3 unspecified atom stereocenters. The van der Waals surface area contributed by atoms with E-state index in [2.05, 4.69) is 55.4 Å². The highest BCUT2D eigenvalue weighted by Gasteiger charge is 2.30. The Morgan fingerprint density at radius 3 is 0.763 bits per heavy atom. The second-order valence-corrected chi connectivity index (χ2v) is 31.3. The number of hydrogen-bond donors (Lipinski definition) is 3. The van der Waals surface area contributed by atoms with Crippen LogP contribution >= 0.6 is 15.6 Å². The SMILES string of the molecule is CCC(C)CCCCCCCCCCCCCCCCCCCCC(=O)O[C@H](COC(=O)CCCCCCCCCC(C)C)COP(=O)(O)OC[C@@H](O)COP(=O)(O)OC[C@@H](COC(=O)CCCCCCCCC(C)C)OC(=O)CCCCCCCCCCCC(C)C. The molecule has 0 fully saturated rings. The molecule has 0 aliphatic heterocycles. The van der Waals surface area contributed by atoms with Crippen molar-refractivity contribution >= 4 is 39.5 Å². The Hall–Kier alpha value is -1.94. The van der Waals surface area contributed by atoms with E-state index < -0.39 is 97.5 Å². The van der Waals surface area contributed by atoms with Crippen molar-refractivity contribution < 1.29 is 80.2 Å². The third kappa shape index (κ3) is 67.0. The van der Waals surface area contributed by atoms with Crippen LogP contribution in [0.4, 0.5) is 0 Å². The molecular weight excluding hydrogens is 1220 g/mol. The quantitative estimate of drug-likeness (QED) is 0.0222. The lowest BCUT2D eigenvalue weighted by Gasteiger charge is -2.21. The summed E-state index contributed by atoms with van der Waals surface area (Å²) in [6.07, 6.45) is 47.6. The largest absolute Gasteiger partial charge is 0.472 e. The normalized spacial score (nSPS) is 14.5. The Balaban J connectivity index is 5.15. The zero-order valence-electron chi connectivity index (χ0n) is 60.9. The Bertz CT molecular complexity index is 1840. The van der Waals surface area contributed by atoms with Gasteiger partial charge in [0, 0.05) is 25.7 Å². The summed E-state index contributed by atoms with van der Waals surface area (Å²) in [6, 6.07) is 0. The molecule has 93 heavy (non-hydrogen) atoms. The number of hydrogen-bond acceptors (Lipinski definition) is 15. The second-order valence-electron chi connectivity index (χ2n) is 28.4. The van der Waals surface area contributed by atoms with Crippen molar-refractivity contribution in [2.24, 2.45) is 23.7 Å². The van der Waals surface area contributed by atoms with Gasteiger partial charge < -0.3 is 33.8 Å². The van der Waals surface area contributed by atoms with Gasteiger partial charge in [-0.25, -0.2) is 9.13 Å². The zero-order chi connectivity index (χ0) is 68.9. The molecule has 6 atom stereocenters. The number of unbranched alkanes of at least 4 members (excludes halogenated alkanes) is 36. The monoisotopic (exact) mass is 1370 g/mol. The van der Waals surface area contributed by atoms with E-state index in [0.29, 0.717) is 37.5 Å². The first kappa shape index (κ1) is 91.1. The summed E-state index contributed by atoms with van der Waals surface area (Å²) in [5, 5.41) is 10.6. The van der Waals surface area contributed by atoms with Gasteiger partial charge in [-0.05, 0) is 49.4 Å². The van der Waals surface area contributed by atoms with Crippen LogP contribution < -0.4 is 0 Å². The standard InChI is InChI=1S/C74H144O17P2/c1-9-67(8)53-45-37-28-22-18-16-14-12-10-11-13-15-17-19-23-29-40-48-56-73(78)90-69(60-84-71(76)54-46-38-31-25-27-35-43-51-65(4)5)62-88-92(80,81)86-58-68(75)59-87-93(82,83)89-63-70(61-85-72(77)55-47-39-33-32-36-44-52-66(6)7)91-74(79)57-49-41-30-24-20-21-26-34-42-50-64(2)3/h64-70,75H,9-63H2,1-8H3,(H,80,81)(H,82,83)/t67?,68-,69-,70-/m1/s1. The van der Waals surface area contributed by atoms with E-state index in [1.807, 2.05) is 0 Å². The van der Waals surface area contributed by atoms with E-state index in [0.717, 1.165) is 115 Å². The number of phosphoric ester groups is 2. The molecule has 0 bridgehead atoms. The molecule has 0 radical (unpaired) electrons. The van der Waals surface area contributed by atoms with Gasteiger partial charge in [0.2, 0.25) is 0 Å². The van der Waals surface area contributed by atoms with Gasteiger partial charge in [0.1, 0.15) is 19.3 Å². The third-order valence-electron chi connectivity index (χ3n) is 17.4. The van der Waals surface area contributed by atoms with Gasteiger partial charge in [-0.15, -0.1) is 0 Å². The average molecular weight is 1370 g/mol. The summed E-state index contributed by atoms with van der Waals surface area (Å²) in [6.45, 7) is 14.1. The number of phosphoric acid groups is 2. The fraction of sp³-hybridized carbons (Fsp3) is 0.946. The molecule has 19 heteroatoms. The average Bonchev–Trinajstić information content (AvgIpc) is 2.83. The Morgan fingerprint density at radius 1 is 0.301 bits per heavy atom. The first-order valence-electron chi connectivity index (χ1n) is 38.2. The maximum absolute atomic E-state index is 13.0. The minimum atomic E-state index is -4.95. The summed E-state index contributed by atoms with van der Waals surface area (Å²) in [7, 11) is -9.91. The van der Waals surface area contributed by atoms with Crippen molar-refractivity contribution in [2.75, 3.05) is 39.6 Å². The molecule has 0 aromatic heterocycles. The molecule has 0 saturated carbocycles. The second kappa shape index (κ2) is 63.5. The molecule has 0 saturated heterocycles. The number of aliphatic hydroxyl groups is 1. The van der Waals surface area contributed by atoms with Gasteiger partial charge in [-0.1, -0.05) is 319 Å². The van der Waals surface area contributed by atoms with Crippen molar-refractivity contribution in [3.8, 4) is 0 Å². The molecule has 0 aromatic rings. The lowest BCUT2D eigenvalue weighted by atomic mass is 9.99. The van der Waals surface area contributed by atoms with Crippen molar-refractivity contribution in [3.63, 3.8) is 0 Å². The van der Waals surface area contributed by atoms with Gasteiger partial charge in [0.15, 0.2) is 12.2 Å². The number of carbonyl (C=O) groups excluding carboxylic acids is 4. The maximum atomic E-state index is 13.0. The number of carbonyl (C=O) groups is 4. The predicted molar refractivity (Wildman–Crippen MR) is 377 cm³/mol. The van der Waals surface area contributed by atoms with E-state index >= 15 is 0 Å². The van der Waals surface area contributed by atoms with Crippen LogP contribution in [0.15, 0.2) is 0 Å². The molecule has 17 nitrogen and oxygen atoms in total. The zero-order valence-corrected chi connectivity index (χ0v) is 62.7. The first-order valence-corrected chi connectivity index (χ1v) is 41.2. The number of aliphatic hydroxyl groups excluding tert-OH is 1. The Labute approximate surface area is 568 Å². The molecule has 552 valence electrons. The maximum Gasteiger partial charge on any atom is 0.472 e. The van der Waals surface area contributed by atoms with Crippen LogP contribution in [-0.2, 0) is 65.4 Å². The van der Waals surface area contributed by atoms with Gasteiger partial charge in [-0.3, -0.25) is 37.3 Å². The van der Waals surface area contributed by atoms with Crippen LogP contribution in [-0.4, -0.2) is 96.7 Å². The van der Waals surface area contributed by atoms with Crippen LogP contribution in [0.1, 0.15) is 370 Å². The minimum absolute atomic E-state index is 0.104.